The van der Waals surface area contributed by atoms with Gasteiger partial charge in [-0.25, -0.2) is 4.98 Å². The van der Waals surface area contributed by atoms with E-state index in [2.05, 4.69) is 15.0 Å². The van der Waals surface area contributed by atoms with Gasteiger partial charge in [-0.2, -0.15) is 8.78 Å². The summed E-state index contributed by atoms with van der Waals surface area (Å²) in [5.74, 6) is 0.251. The molecule has 1 saturated heterocycles. The molecule has 1 saturated carbocycles. The predicted octanol–water partition coefficient (Wildman–Crippen LogP) is 4.16. The second kappa shape index (κ2) is 12.1. The molecule has 9 nitrogen and oxygen atoms in total. The molecule has 37 heavy (non-hydrogen) atoms. The number of amides is 2. The predicted molar refractivity (Wildman–Crippen MR) is 134 cm³/mol. The Bertz CT molecular complexity index is 1110. The first-order valence-electron chi connectivity index (χ1n) is 12.2. The van der Waals surface area contributed by atoms with Gasteiger partial charge in [0.15, 0.2) is 23.0 Å². The van der Waals surface area contributed by atoms with Crippen LogP contribution in [0.5, 0.6) is 11.5 Å². The number of oxazole rings is 1. The number of hydrogen-bond donors (Lipinski definition) is 2. The lowest BCUT2D eigenvalue weighted by Crippen LogP contribution is -2.40. The molecule has 0 radical (unpaired) electrons. The molecule has 1 aliphatic carbocycles. The number of carbonyl (C=O) groups excluding carboxylic acids is 2. The molecule has 2 aliphatic rings. The van der Waals surface area contributed by atoms with Gasteiger partial charge in [-0.15, -0.1) is 12.4 Å². The summed E-state index contributed by atoms with van der Waals surface area (Å²) in [6.45, 7) is 3.52. The Morgan fingerprint density at radius 2 is 1.95 bits per heavy atom. The van der Waals surface area contributed by atoms with Crippen LogP contribution < -0.4 is 20.5 Å². The number of nitrogens with two attached hydrogens (primary N) is 1. The van der Waals surface area contributed by atoms with Gasteiger partial charge >= 0.3 is 6.61 Å². The Morgan fingerprint density at radius 3 is 2.57 bits per heavy atom. The van der Waals surface area contributed by atoms with Crippen molar-refractivity contribution in [2.45, 2.75) is 58.7 Å². The number of nitrogens with one attached hydrogen (secondary N) is 1. The Labute approximate surface area is 220 Å². The van der Waals surface area contributed by atoms with Crippen LogP contribution in [0.3, 0.4) is 0 Å². The number of alkyl halides is 2. The minimum absolute atomic E-state index is 0. The maximum Gasteiger partial charge on any atom is 0.387 e. The number of carbonyl (C=O) groups is 2. The van der Waals surface area contributed by atoms with Gasteiger partial charge in [0.05, 0.1) is 12.6 Å². The van der Waals surface area contributed by atoms with Crippen molar-refractivity contribution in [1.29, 1.82) is 0 Å². The standard InChI is InChI=1S/C25H32F2N4O5.ClH/c1-13(2)22(32)29-17-8-9-31(11-17)24(33)20-21(14(3)28)36-23(30-20)16-6-7-18(35-25(26)27)19(10-16)34-12-15-4-5-15;/h6-7,10,13-15,17,25H,4-5,8-9,11-12,28H2,1-3H3,(H,29,32);1H/t14-,17+;/m0./s1. The quantitative estimate of drug-likeness (QED) is 0.462. The molecule has 0 bridgehead atoms. The Kier molecular flexibility index (Phi) is 9.36. The Morgan fingerprint density at radius 1 is 1.22 bits per heavy atom. The summed E-state index contributed by atoms with van der Waals surface area (Å²) >= 11 is 0. The van der Waals surface area contributed by atoms with Crippen LogP contribution in [0.4, 0.5) is 8.78 Å². The SMILES string of the molecule is CC(C)C(=O)N[C@@H]1CCN(C(=O)c2nc(-c3ccc(OC(F)F)c(OCC4CC4)c3)oc2[C@H](C)N)C1.Cl. The number of aromatic nitrogens is 1. The molecule has 1 aromatic carbocycles. The molecule has 2 amide bonds. The van der Waals surface area contributed by atoms with E-state index in [1.165, 1.54) is 18.2 Å². The van der Waals surface area contributed by atoms with Crippen molar-refractivity contribution < 1.29 is 32.3 Å². The zero-order chi connectivity index (χ0) is 26.0. The van der Waals surface area contributed by atoms with Crippen molar-refractivity contribution in [3.63, 3.8) is 0 Å². The second-order valence-electron chi connectivity index (χ2n) is 9.72. The molecule has 2 aromatic rings. The lowest BCUT2D eigenvalue weighted by molar-refractivity contribution is -0.124. The van der Waals surface area contributed by atoms with Gasteiger partial charge in [0.2, 0.25) is 11.8 Å². The van der Waals surface area contributed by atoms with E-state index in [-0.39, 0.29) is 65.0 Å². The molecule has 12 heteroatoms. The Balaban J connectivity index is 0.00000380. The molecule has 1 aromatic heterocycles. The Hall–Kier alpha value is -2.92. The van der Waals surface area contributed by atoms with E-state index in [1.807, 2.05) is 13.8 Å². The lowest BCUT2D eigenvalue weighted by Gasteiger charge is -2.17. The van der Waals surface area contributed by atoms with Crippen molar-refractivity contribution in [3.8, 4) is 23.0 Å². The van der Waals surface area contributed by atoms with Crippen LogP contribution in [0.2, 0.25) is 0 Å². The number of benzene rings is 1. The smallest absolute Gasteiger partial charge is 0.387 e. The topological polar surface area (TPSA) is 120 Å². The van der Waals surface area contributed by atoms with Crippen LogP contribution in [-0.4, -0.2) is 54.0 Å². The minimum atomic E-state index is -3.00. The van der Waals surface area contributed by atoms with Crippen LogP contribution in [-0.2, 0) is 4.79 Å². The monoisotopic (exact) mass is 542 g/mol. The fraction of sp³-hybridized carbons (Fsp3) is 0.560. The van der Waals surface area contributed by atoms with Crippen molar-refractivity contribution in [2.75, 3.05) is 19.7 Å². The number of ether oxygens (including phenoxy) is 2. The van der Waals surface area contributed by atoms with Crippen LogP contribution in [0.1, 0.15) is 62.3 Å². The average molecular weight is 543 g/mol. The van der Waals surface area contributed by atoms with Gasteiger partial charge in [-0.3, -0.25) is 9.59 Å². The number of hydrogen-bond acceptors (Lipinski definition) is 7. The zero-order valence-corrected chi connectivity index (χ0v) is 21.9. The maximum atomic E-state index is 13.3. The van der Waals surface area contributed by atoms with Crippen LogP contribution in [0.25, 0.3) is 11.5 Å². The fourth-order valence-electron chi connectivity index (χ4n) is 3.94. The highest BCUT2D eigenvalue weighted by Gasteiger charge is 2.33. The lowest BCUT2D eigenvalue weighted by atomic mass is 10.2. The summed E-state index contributed by atoms with van der Waals surface area (Å²) in [4.78, 5) is 31.4. The van der Waals surface area contributed by atoms with E-state index in [4.69, 9.17) is 14.9 Å². The molecule has 3 N–H and O–H groups in total. The number of likely N-dealkylation sites (tertiary alicyclic amines) is 1. The second-order valence-corrected chi connectivity index (χ2v) is 9.72. The first-order valence-corrected chi connectivity index (χ1v) is 12.2. The molecule has 2 atom stereocenters. The first-order chi connectivity index (χ1) is 17.1. The summed E-state index contributed by atoms with van der Waals surface area (Å²) < 4.78 is 41.9. The average Bonchev–Trinajstić information content (AvgIpc) is 3.35. The van der Waals surface area contributed by atoms with Gasteiger partial charge in [0, 0.05) is 30.6 Å². The number of halogens is 3. The van der Waals surface area contributed by atoms with E-state index in [9.17, 15) is 18.4 Å². The largest absolute Gasteiger partial charge is 0.489 e. The minimum Gasteiger partial charge on any atom is -0.489 e. The van der Waals surface area contributed by atoms with E-state index < -0.39 is 12.7 Å². The van der Waals surface area contributed by atoms with Crippen LogP contribution in [0.15, 0.2) is 22.6 Å². The van der Waals surface area contributed by atoms with Gasteiger partial charge in [0.25, 0.3) is 5.91 Å². The molecule has 4 rings (SSSR count). The van der Waals surface area contributed by atoms with Crippen molar-refractivity contribution in [1.82, 2.24) is 15.2 Å². The molecule has 1 aliphatic heterocycles. The summed E-state index contributed by atoms with van der Waals surface area (Å²) in [6, 6.07) is 3.64. The molecular formula is C25H33ClF2N4O5. The number of rotatable bonds is 10. The van der Waals surface area contributed by atoms with E-state index in [1.54, 1.807) is 11.8 Å². The summed E-state index contributed by atoms with van der Waals surface area (Å²) in [5.41, 5.74) is 6.60. The zero-order valence-electron chi connectivity index (χ0n) is 21.0. The van der Waals surface area contributed by atoms with Crippen molar-refractivity contribution in [2.24, 2.45) is 17.6 Å². The highest BCUT2D eigenvalue weighted by molar-refractivity contribution is 5.94. The maximum absolute atomic E-state index is 13.3. The van der Waals surface area contributed by atoms with Crippen molar-refractivity contribution in [3.05, 3.63) is 29.7 Å². The number of nitrogens with zero attached hydrogens (tertiary/aromatic N) is 2. The van der Waals surface area contributed by atoms with Gasteiger partial charge < -0.3 is 29.8 Å². The van der Waals surface area contributed by atoms with Crippen LogP contribution in [0, 0.1) is 11.8 Å². The third kappa shape index (κ3) is 7.10. The highest BCUT2D eigenvalue weighted by atomic mass is 35.5. The normalized spacial score (nSPS) is 18.1. The molecular weight excluding hydrogens is 510 g/mol. The summed E-state index contributed by atoms with van der Waals surface area (Å²) in [5, 5.41) is 2.95. The molecule has 0 spiro atoms. The third-order valence-electron chi connectivity index (χ3n) is 6.19. The summed E-state index contributed by atoms with van der Waals surface area (Å²) in [7, 11) is 0. The van der Waals surface area contributed by atoms with E-state index in [0.717, 1.165) is 12.8 Å². The molecule has 0 unspecified atom stereocenters. The third-order valence-corrected chi connectivity index (χ3v) is 6.19. The fourth-order valence-corrected chi connectivity index (χ4v) is 3.94. The van der Waals surface area contributed by atoms with E-state index >= 15 is 0 Å². The highest BCUT2D eigenvalue weighted by Crippen LogP contribution is 2.37. The molecule has 204 valence electrons. The van der Waals surface area contributed by atoms with Gasteiger partial charge in [-0.05, 0) is 50.3 Å². The van der Waals surface area contributed by atoms with Crippen molar-refractivity contribution >= 4 is 24.2 Å². The summed E-state index contributed by atoms with van der Waals surface area (Å²) in [6.07, 6.45) is 2.70. The molecule has 2 fully saturated rings. The van der Waals surface area contributed by atoms with Gasteiger partial charge in [0.1, 0.15) is 0 Å². The first kappa shape index (κ1) is 28.6. The van der Waals surface area contributed by atoms with Gasteiger partial charge in [-0.1, -0.05) is 13.8 Å². The van der Waals surface area contributed by atoms with Crippen LogP contribution >= 0.6 is 12.4 Å². The molecule has 2 heterocycles. The van der Waals surface area contributed by atoms with E-state index in [0.29, 0.717) is 37.6 Å².